The quantitative estimate of drug-likeness (QED) is 0.189. The van der Waals surface area contributed by atoms with Gasteiger partial charge in [0.2, 0.25) is 0 Å². The lowest BCUT2D eigenvalue weighted by Gasteiger charge is -2.11. The molecule has 0 N–H and O–H groups in total. The number of pyridine rings is 1. The molecule has 0 aliphatic heterocycles. The van der Waals surface area contributed by atoms with Crippen LogP contribution in [0.2, 0.25) is 0 Å². The van der Waals surface area contributed by atoms with Crippen LogP contribution in [-0.2, 0) is 0 Å². The van der Waals surface area contributed by atoms with Crippen molar-refractivity contribution in [1.82, 2.24) is 4.98 Å². The number of non-ortho nitro benzene ring substituents is 2. The number of nitro groups is 2. The Morgan fingerprint density at radius 3 is 1.41 bits per heavy atom. The van der Waals surface area contributed by atoms with Crippen molar-refractivity contribution < 1.29 is 9.85 Å². The zero-order valence-electron chi connectivity index (χ0n) is 17.0. The lowest BCUT2D eigenvalue weighted by Crippen LogP contribution is -1.93. The van der Waals surface area contributed by atoms with Crippen LogP contribution in [0.4, 0.5) is 11.4 Å². The van der Waals surface area contributed by atoms with E-state index in [9.17, 15) is 20.2 Å². The molecule has 4 rings (SSSR count). The van der Waals surface area contributed by atoms with Crippen LogP contribution >= 0.6 is 11.8 Å². The van der Waals surface area contributed by atoms with Crippen molar-refractivity contribution in [2.45, 2.75) is 4.90 Å². The molecule has 32 heavy (non-hydrogen) atoms. The van der Waals surface area contributed by atoms with E-state index in [2.05, 4.69) is 0 Å². The predicted octanol–water partition coefficient (Wildman–Crippen LogP) is 6.62. The van der Waals surface area contributed by atoms with Gasteiger partial charge in [-0.3, -0.25) is 20.2 Å². The van der Waals surface area contributed by atoms with Gasteiger partial charge in [0.05, 0.1) is 21.2 Å². The van der Waals surface area contributed by atoms with E-state index >= 15 is 0 Å². The molecule has 0 saturated carbocycles. The minimum Gasteiger partial charge on any atom is -0.258 e. The van der Waals surface area contributed by atoms with E-state index in [1.807, 2.05) is 42.7 Å². The molecule has 0 spiro atoms. The Balaban J connectivity index is 1.83. The first-order valence-electron chi connectivity index (χ1n) is 9.61. The highest BCUT2D eigenvalue weighted by Gasteiger charge is 2.12. The van der Waals surface area contributed by atoms with Gasteiger partial charge in [0.15, 0.2) is 0 Å². The van der Waals surface area contributed by atoms with Gasteiger partial charge in [-0.2, -0.15) is 0 Å². The Kier molecular flexibility index (Phi) is 5.96. The SMILES string of the molecule is CSc1ccc(-c2cc(-c3ccc([N+](=O)[O-])cc3)nc(-c3ccc([N+](=O)[O-])cc3)c2)cc1. The van der Waals surface area contributed by atoms with Gasteiger partial charge in [0, 0.05) is 40.3 Å². The number of benzene rings is 3. The molecule has 8 heteroatoms. The normalized spacial score (nSPS) is 10.7. The second kappa shape index (κ2) is 8.99. The molecule has 4 aromatic rings. The molecule has 0 radical (unpaired) electrons. The average molecular weight is 443 g/mol. The molecule has 0 aliphatic carbocycles. The first-order chi connectivity index (χ1) is 15.4. The summed E-state index contributed by atoms with van der Waals surface area (Å²) < 4.78 is 0. The predicted molar refractivity (Wildman–Crippen MR) is 126 cm³/mol. The summed E-state index contributed by atoms with van der Waals surface area (Å²) >= 11 is 1.66. The third-order valence-corrected chi connectivity index (χ3v) is 5.74. The van der Waals surface area contributed by atoms with Crippen LogP contribution in [0.5, 0.6) is 0 Å². The monoisotopic (exact) mass is 443 g/mol. The summed E-state index contributed by atoms with van der Waals surface area (Å²) in [5.74, 6) is 0. The maximum atomic E-state index is 11.0. The number of nitro benzene ring substituents is 2. The smallest absolute Gasteiger partial charge is 0.258 e. The molecule has 0 atom stereocenters. The van der Waals surface area contributed by atoms with E-state index in [1.165, 1.54) is 24.3 Å². The Hall–Kier alpha value is -4.04. The van der Waals surface area contributed by atoms with Crippen molar-refractivity contribution in [2.75, 3.05) is 6.26 Å². The third-order valence-electron chi connectivity index (χ3n) is 5.00. The first kappa shape index (κ1) is 21.2. The average Bonchev–Trinajstić information content (AvgIpc) is 2.84. The highest BCUT2D eigenvalue weighted by Crippen LogP contribution is 2.32. The van der Waals surface area contributed by atoms with Crippen molar-refractivity contribution in [1.29, 1.82) is 0 Å². The van der Waals surface area contributed by atoms with Gasteiger partial charge in [0.25, 0.3) is 11.4 Å². The minimum absolute atomic E-state index is 0.00755. The molecule has 0 unspecified atom stereocenters. The van der Waals surface area contributed by atoms with Crippen molar-refractivity contribution >= 4 is 23.1 Å². The Labute approximate surface area is 188 Å². The fourth-order valence-electron chi connectivity index (χ4n) is 3.28. The van der Waals surface area contributed by atoms with Crippen LogP contribution in [0.1, 0.15) is 0 Å². The lowest BCUT2D eigenvalue weighted by molar-refractivity contribution is -0.385. The summed E-state index contributed by atoms with van der Waals surface area (Å²) in [5, 5.41) is 22.0. The maximum Gasteiger partial charge on any atom is 0.269 e. The molecule has 7 nitrogen and oxygen atoms in total. The zero-order chi connectivity index (χ0) is 22.7. The van der Waals surface area contributed by atoms with Crippen molar-refractivity contribution in [3.05, 3.63) is 105 Å². The highest BCUT2D eigenvalue weighted by atomic mass is 32.2. The zero-order valence-corrected chi connectivity index (χ0v) is 17.8. The lowest BCUT2D eigenvalue weighted by atomic mass is 10.00. The molecule has 1 heterocycles. The van der Waals surface area contributed by atoms with E-state index in [-0.39, 0.29) is 11.4 Å². The van der Waals surface area contributed by atoms with Crippen LogP contribution in [0, 0.1) is 20.2 Å². The van der Waals surface area contributed by atoms with Gasteiger partial charge < -0.3 is 0 Å². The largest absolute Gasteiger partial charge is 0.269 e. The van der Waals surface area contributed by atoms with Gasteiger partial charge in [-0.1, -0.05) is 12.1 Å². The van der Waals surface area contributed by atoms with Crippen LogP contribution < -0.4 is 0 Å². The molecular formula is C24H17N3O4S. The van der Waals surface area contributed by atoms with Gasteiger partial charge in [-0.25, -0.2) is 4.98 Å². The topological polar surface area (TPSA) is 99.2 Å². The van der Waals surface area contributed by atoms with Crippen LogP contribution in [0.15, 0.2) is 89.8 Å². The van der Waals surface area contributed by atoms with Crippen molar-refractivity contribution in [3.8, 4) is 33.6 Å². The number of hydrogen-bond acceptors (Lipinski definition) is 6. The number of hydrogen-bond donors (Lipinski definition) is 0. The summed E-state index contributed by atoms with van der Waals surface area (Å²) in [4.78, 5) is 27.0. The molecule has 0 saturated heterocycles. The Bertz CT molecular complexity index is 1210. The van der Waals surface area contributed by atoms with E-state index in [0.717, 1.165) is 27.1 Å². The molecule has 0 amide bonds. The number of thioether (sulfide) groups is 1. The maximum absolute atomic E-state index is 11.0. The second-order valence-electron chi connectivity index (χ2n) is 6.96. The number of nitrogens with zero attached hydrogens (tertiary/aromatic N) is 3. The van der Waals surface area contributed by atoms with Crippen LogP contribution in [0.3, 0.4) is 0 Å². The first-order valence-corrected chi connectivity index (χ1v) is 10.8. The van der Waals surface area contributed by atoms with E-state index in [0.29, 0.717) is 11.4 Å². The Morgan fingerprint density at radius 2 is 1.03 bits per heavy atom. The third kappa shape index (κ3) is 4.50. The standard InChI is InChI=1S/C24H17N3O4S/c1-32-22-12-6-16(7-13-22)19-14-23(17-2-8-20(9-3-17)26(28)29)25-24(15-19)18-4-10-21(11-5-18)27(30)31/h2-15H,1H3. The summed E-state index contributed by atoms with van der Waals surface area (Å²) in [6.45, 7) is 0. The number of rotatable bonds is 6. The van der Waals surface area contributed by atoms with E-state index in [4.69, 9.17) is 4.98 Å². The summed E-state index contributed by atoms with van der Waals surface area (Å²) in [6, 6.07) is 24.5. The van der Waals surface area contributed by atoms with E-state index in [1.54, 1.807) is 36.0 Å². The molecule has 3 aromatic carbocycles. The van der Waals surface area contributed by atoms with Crippen LogP contribution in [-0.4, -0.2) is 21.1 Å². The molecule has 0 bridgehead atoms. The van der Waals surface area contributed by atoms with Gasteiger partial charge >= 0.3 is 0 Å². The molecule has 0 aliphatic rings. The summed E-state index contributed by atoms with van der Waals surface area (Å²) in [7, 11) is 0. The fourth-order valence-corrected chi connectivity index (χ4v) is 3.69. The summed E-state index contributed by atoms with van der Waals surface area (Å²) in [6.07, 6.45) is 2.01. The molecule has 158 valence electrons. The molecule has 1 aromatic heterocycles. The van der Waals surface area contributed by atoms with Crippen molar-refractivity contribution in [3.63, 3.8) is 0 Å². The molecule has 0 fully saturated rings. The van der Waals surface area contributed by atoms with E-state index < -0.39 is 9.85 Å². The van der Waals surface area contributed by atoms with Gasteiger partial charge in [0.1, 0.15) is 0 Å². The number of aromatic nitrogens is 1. The Morgan fingerprint density at radius 1 is 0.625 bits per heavy atom. The molecular weight excluding hydrogens is 426 g/mol. The van der Waals surface area contributed by atoms with Crippen LogP contribution in [0.25, 0.3) is 33.6 Å². The minimum atomic E-state index is -0.441. The van der Waals surface area contributed by atoms with Gasteiger partial charge in [-0.15, -0.1) is 11.8 Å². The second-order valence-corrected chi connectivity index (χ2v) is 7.84. The van der Waals surface area contributed by atoms with Gasteiger partial charge in [-0.05, 0) is 65.9 Å². The fraction of sp³-hybridized carbons (Fsp3) is 0.0417. The summed E-state index contributed by atoms with van der Waals surface area (Å²) in [5.41, 5.74) is 4.72. The highest BCUT2D eigenvalue weighted by molar-refractivity contribution is 7.98. The van der Waals surface area contributed by atoms with Crippen molar-refractivity contribution in [2.24, 2.45) is 0 Å².